The highest BCUT2D eigenvalue weighted by molar-refractivity contribution is 7.91. The first-order valence-corrected chi connectivity index (χ1v) is 7.62. The highest BCUT2D eigenvalue weighted by Crippen LogP contribution is 2.36. The first-order valence-electron chi connectivity index (χ1n) is 5.80. The molecule has 2 N–H and O–H groups in total. The largest absolute Gasteiger partial charge is 0.435 e. The van der Waals surface area contributed by atoms with E-state index in [4.69, 9.17) is 5.73 Å². The Morgan fingerprint density at radius 1 is 1.47 bits per heavy atom. The van der Waals surface area contributed by atoms with Crippen molar-refractivity contribution in [1.29, 1.82) is 0 Å². The van der Waals surface area contributed by atoms with E-state index in [0.29, 0.717) is 0 Å². The predicted octanol–water partition coefficient (Wildman–Crippen LogP) is 1.41. The molecule has 0 spiro atoms. The lowest BCUT2D eigenvalue weighted by atomic mass is 10.1. The fourth-order valence-corrected chi connectivity index (χ4v) is 4.00. The van der Waals surface area contributed by atoms with Gasteiger partial charge in [-0.05, 0) is 12.8 Å². The van der Waals surface area contributed by atoms with Crippen molar-refractivity contribution in [3.8, 4) is 0 Å². The zero-order chi connectivity index (χ0) is 14.4. The number of nitrogen functional groups attached to an aromatic ring is 1. The Morgan fingerprint density at radius 2 is 2.11 bits per heavy atom. The van der Waals surface area contributed by atoms with Crippen LogP contribution in [-0.2, 0) is 22.4 Å². The summed E-state index contributed by atoms with van der Waals surface area (Å²) in [5.41, 5.74) is 4.60. The fourth-order valence-electron chi connectivity index (χ4n) is 2.30. The third kappa shape index (κ3) is 2.56. The standard InChI is InChI=1S/C10H14F3N3O2S/c1-2-7-8(10(11,12)13)15-16(9(7)14)6-3-4-19(17,18)5-6/h6H,2-5,14H2,1H3. The van der Waals surface area contributed by atoms with Crippen molar-refractivity contribution >= 4 is 15.7 Å². The van der Waals surface area contributed by atoms with E-state index in [9.17, 15) is 21.6 Å². The number of rotatable bonds is 2. The Bertz CT molecular complexity index is 592. The van der Waals surface area contributed by atoms with Crippen LogP contribution < -0.4 is 5.73 Å². The van der Waals surface area contributed by atoms with Gasteiger partial charge in [0.05, 0.1) is 17.5 Å². The van der Waals surface area contributed by atoms with Gasteiger partial charge < -0.3 is 5.73 Å². The van der Waals surface area contributed by atoms with Crippen molar-refractivity contribution in [3.05, 3.63) is 11.3 Å². The van der Waals surface area contributed by atoms with E-state index in [0.717, 1.165) is 4.68 Å². The quantitative estimate of drug-likeness (QED) is 0.895. The van der Waals surface area contributed by atoms with Crippen LogP contribution in [0, 0.1) is 0 Å². The van der Waals surface area contributed by atoms with E-state index in [1.54, 1.807) is 6.92 Å². The molecule has 0 bridgehead atoms. The lowest BCUT2D eigenvalue weighted by molar-refractivity contribution is -0.142. The van der Waals surface area contributed by atoms with E-state index in [-0.39, 0.29) is 35.7 Å². The number of sulfone groups is 1. The predicted molar refractivity (Wildman–Crippen MR) is 63.3 cm³/mol. The van der Waals surface area contributed by atoms with Crippen LogP contribution in [0.4, 0.5) is 19.0 Å². The maximum absolute atomic E-state index is 12.8. The minimum atomic E-state index is -4.58. The van der Waals surface area contributed by atoms with Gasteiger partial charge in [-0.2, -0.15) is 18.3 Å². The van der Waals surface area contributed by atoms with Crippen LogP contribution in [0.5, 0.6) is 0 Å². The first kappa shape index (κ1) is 14.2. The molecule has 1 saturated heterocycles. The maximum atomic E-state index is 12.8. The van der Waals surface area contributed by atoms with Gasteiger partial charge in [-0.15, -0.1) is 0 Å². The summed E-state index contributed by atoms with van der Waals surface area (Å²) in [7, 11) is -3.20. The van der Waals surface area contributed by atoms with Crippen LogP contribution in [0.25, 0.3) is 0 Å². The molecule has 2 rings (SSSR count). The molecule has 1 aliphatic rings. The summed E-state index contributed by atoms with van der Waals surface area (Å²) in [4.78, 5) is 0. The molecule has 1 aromatic rings. The van der Waals surface area contributed by atoms with Gasteiger partial charge in [-0.25, -0.2) is 13.1 Å². The molecular formula is C10H14F3N3O2S. The number of aromatic nitrogens is 2. The van der Waals surface area contributed by atoms with Crippen molar-refractivity contribution in [2.24, 2.45) is 0 Å². The summed E-state index contributed by atoms with van der Waals surface area (Å²) >= 11 is 0. The second kappa shape index (κ2) is 4.39. The normalized spacial score (nSPS) is 22.8. The number of alkyl halides is 3. The summed E-state index contributed by atoms with van der Waals surface area (Å²) in [6.07, 6.45) is -4.24. The highest BCUT2D eigenvalue weighted by atomic mass is 32.2. The Morgan fingerprint density at radius 3 is 2.47 bits per heavy atom. The summed E-state index contributed by atoms with van der Waals surface area (Å²) < 4.78 is 62.2. The van der Waals surface area contributed by atoms with E-state index in [1.807, 2.05) is 0 Å². The van der Waals surface area contributed by atoms with E-state index in [1.165, 1.54) is 0 Å². The van der Waals surface area contributed by atoms with Crippen LogP contribution in [-0.4, -0.2) is 29.7 Å². The summed E-state index contributed by atoms with van der Waals surface area (Å²) in [5.74, 6) is -0.337. The molecule has 19 heavy (non-hydrogen) atoms. The fraction of sp³-hybridized carbons (Fsp3) is 0.700. The molecule has 1 aromatic heterocycles. The SMILES string of the molecule is CCc1c(C(F)(F)F)nn(C2CCS(=O)(=O)C2)c1N. The molecule has 0 saturated carbocycles. The van der Waals surface area contributed by atoms with Gasteiger partial charge in [0, 0.05) is 5.56 Å². The molecule has 2 heterocycles. The molecule has 0 aromatic carbocycles. The number of nitrogens with zero attached hydrogens (tertiary/aromatic N) is 2. The zero-order valence-electron chi connectivity index (χ0n) is 10.2. The van der Waals surface area contributed by atoms with Crippen molar-refractivity contribution in [2.45, 2.75) is 32.0 Å². The molecule has 108 valence electrons. The average Bonchev–Trinajstić information content (AvgIpc) is 2.77. The molecule has 0 radical (unpaired) electrons. The van der Waals surface area contributed by atoms with Crippen LogP contribution in [0.3, 0.4) is 0 Å². The van der Waals surface area contributed by atoms with Crippen molar-refractivity contribution in [2.75, 3.05) is 17.2 Å². The number of halogens is 3. The van der Waals surface area contributed by atoms with Crippen LogP contribution in [0.15, 0.2) is 0 Å². The zero-order valence-corrected chi connectivity index (χ0v) is 11.1. The van der Waals surface area contributed by atoms with Crippen molar-refractivity contribution in [3.63, 3.8) is 0 Å². The van der Waals surface area contributed by atoms with Gasteiger partial charge >= 0.3 is 6.18 Å². The molecule has 1 fully saturated rings. The third-order valence-corrected chi connectivity index (χ3v) is 4.98. The van der Waals surface area contributed by atoms with Gasteiger partial charge in [-0.3, -0.25) is 0 Å². The Hall–Kier alpha value is -1.25. The monoisotopic (exact) mass is 297 g/mol. The Labute approximate surface area is 108 Å². The number of nitrogens with two attached hydrogens (primary N) is 1. The van der Waals surface area contributed by atoms with Crippen LogP contribution in [0.2, 0.25) is 0 Å². The van der Waals surface area contributed by atoms with E-state index in [2.05, 4.69) is 5.10 Å². The molecule has 9 heteroatoms. The minimum absolute atomic E-state index is 0.0419. The number of anilines is 1. The van der Waals surface area contributed by atoms with Gasteiger partial charge in [0.2, 0.25) is 0 Å². The van der Waals surface area contributed by atoms with Gasteiger partial charge in [0.1, 0.15) is 5.82 Å². The average molecular weight is 297 g/mol. The van der Waals surface area contributed by atoms with E-state index < -0.39 is 27.7 Å². The van der Waals surface area contributed by atoms with Gasteiger partial charge in [0.25, 0.3) is 0 Å². The van der Waals surface area contributed by atoms with Crippen molar-refractivity contribution in [1.82, 2.24) is 9.78 Å². The summed E-state index contributed by atoms with van der Waals surface area (Å²) in [5, 5.41) is 3.50. The number of hydrogen-bond donors (Lipinski definition) is 1. The van der Waals surface area contributed by atoms with Gasteiger partial charge in [0.15, 0.2) is 15.5 Å². The molecular weight excluding hydrogens is 283 g/mol. The topological polar surface area (TPSA) is 78.0 Å². The second-order valence-corrected chi connectivity index (χ2v) is 6.79. The lowest BCUT2D eigenvalue weighted by Gasteiger charge is -2.10. The molecule has 0 amide bonds. The van der Waals surface area contributed by atoms with Crippen molar-refractivity contribution < 1.29 is 21.6 Å². The highest BCUT2D eigenvalue weighted by Gasteiger charge is 2.40. The Balaban J connectivity index is 2.46. The van der Waals surface area contributed by atoms with Gasteiger partial charge in [-0.1, -0.05) is 6.92 Å². The number of hydrogen-bond acceptors (Lipinski definition) is 4. The molecule has 1 aliphatic heterocycles. The van der Waals surface area contributed by atoms with E-state index >= 15 is 0 Å². The molecule has 0 aliphatic carbocycles. The minimum Gasteiger partial charge on any atom is -0.384 e. The summed E-state index contributed by atoms with van der Waals surface area (Å²) in [6.45, 7) is 1.55. The molecule has 5 nitrogen and oxygen atoms in total. The Kier molecular flexibility index (Phi) is 3.28. The summed E-state index contributed by atoms with van der Waals surface area (Å²) in [6, 6.07) is -0.605. The molecule has 1 unspecified atom stereocenters. The van der Waals surface area contributed by atoms with Crippen LogP contribution >= 0.6 is 0 Å². The lowest BCUT2D eigenvalue weighted by Crippen LogP contribution is -2.15. The maximum Gasteiger partial charge on any atom is 0.435 e. The molecule has 1 atom stereocenters. The third-order valence-electron chi connectivity index (χ3n) is 3.23. The first-order chi connectivity index (χ1) is 8.65. The smallest absolute Gasteiger partial charge is 0.384 e. The van der Waals surface area contributed by atoms with Crippen LogP contribution in [0.1, 0.15) is 30.6 Å². The second-order valence-electron chi connectivity index (χ2n) is 4.57.